The van der Waals surface area contributed by atoms with Gasteiger partial charge in [0.05, 0.1) is 0 Å². The first-order valence-electron chi connectivity index (χ1n) is 1.87. The minimum Gasteiger partial charge on any atom is -0.103 e. The van der Waals surface area contributed by atoms with Crippen LogP contribution in [-0.4, -0.2) is 0 Å². The highest BCUT2D eigenvalue weighted by Gasteiger charge is 1.59. The van der Waals surface area contributed by atoms with E-state index in [1.807, 2.05) is 0 Å². The molecule has 0 aromatic rings. The van der Waals surface area contributed by atoms with Crippen LogP contribution < -0.4 is 0 Å². The van der Waals surface area contributed by atoms with Gasteiger partial charge in [0.1, 0.15) is 0 Å². The van der Waals surface area contributed by atoms with E-state index in [0.29, 0.717) is 0 Å². The third-order valence-electron chi connectivity index (χ3n) is 0.407. The molecule has 0 saturated heterocycles. The van der Waals surface area contributed by atoms with E-state index in [0.717, 1.165) is 6.42 Å². The van der Waals surface area contributed by atoms with Crippen LogP contribution in [0.4, 0.5) is 0 Å². The van der Waals surface area contributed by atoms with Crippen molar-refractivity contribution in [2.75, 3.05) is 0 Å². The van der Waals surface area contributed by atoms with Gasteiger partial charge >= 0.3 is 0 Å². The summed E-state index contributed by atoms with van der Waals surface area (Å²) in [4.78, 5) is 0. The Kier molecular flexibility index (Phi) is 4.09. The van der Waals surface area contributed by atoms with Gasteiger partial charge in [-0.25, -0.2) is 0 Å². The maximum Gasteiger partial charge on any atom is -0.0101 e. The Morgan fingerprint density at radius 3 is 2.50 bits per heavy atom. The van der Waals surface area contributed by atoms with Crippen LogP contribution in [0, 0.1) is 13.0 Å². The number of rotatable bonds is 2. The van der Waals surface area contributed by atoms with Crippen LogP contribution in [0.3, 0.4) is 0 Å². The van der Waals surface area contributed by atoms with E-state index in [-0.39, 0.29) is 0 Å². The summed E-state index contributed by atoms with van der Waals surface area (Å²) in [7, 11) is 0. The molecule has 0 N–H and O–H groups in total. The van der Waals surface area contributed by atoms with Crippen LogP contribution in [0.25, 0.3) is 0 Å². The Hall–Kier alpha value is -0.520. The van der Waals surface area contributed by atoms with Crippen LogP contribution in [0.5, 0.6) is 0 Å². The van der Waals surface area contributed by atoms with E-state index in [1.54, 1.807) is 12.2 Å². The van der Waals surface area contributed by atoms with Crippen molar-refractivity contribution in [1.82, 2.24) is 0 Å². The third-order valence-corrected chi connectivity index (χ3v) is 0.407. The fourth-order valence-electron chi connectivity index (χ4n) is 0.167. The number of hydrogen-bond acceptors (Lipinski definition) is 0. The van der Waals surface area contributed by atoms with Crippen molar-refractivity contribution in [2.24, 2.45) is 0 Å². The Labute approximate surface area is 39.2 Å². The van der Waals surface area contributed by atoms with Gasteiger partial charge < -0.3 is 0 Å². The Balaban J connectivity index is 2.85. The lowest BCUT2D eigenvalue weighted by molar-refractivity contribution is 1.35. The van der Waals surface area contributed by atoms with E-state index in [2.05, 4.69) is 19.6 Å². The van der Waals surface area contributed by atoms with Gasteiger partial charge in [-0.15, -0.1) is 6.58 Å². The van der Waals surface area contributed by atoms with E-state index in [4.69, 9.17) is 0 Å². The quantitative estimate of drug-likeness (QED) is 0.443. The zero-order valence-electron chi connectivity index (χ0n) is 3.78. The SMILES string of the molecule is [CH2]/C=[C]/CC=C. The molecule has 0 fully saturated rings. The maximum atomic E-state index is 3.49. The summed E-state index contributed by atoms with van der Waals surface area (Å²) >= 11 is 0. The van der Waals surface area contributed by atoms with Gasteiger partial charge in [-0.05, 0) is 19.4 Å². The molecule has 0 rings (SSSR count). The molecule has 0 nitrogen and oxygen atoms in total. The molecule has 0 heteroatoms. The summed E-state index contributed by atoms with van der Waals surface area (Å²) in [5, 5.41) is 0. The van der Waals surface area contributed by atoms with E-state index in [9.17, 15) is 0 Å². The molecule has 6 heavy (non-hydrogen) atoms. The topological polar surface area (TPSA) is 0 Å². The highest BCUT2D eigenvalue weighted by Crippen LogP contribution is 1.76. The molecular weight excluding hydrogens is 72.1 g/mol. The lowest BCUT2D eigenvalue weighted by Gasteiger charge is -1.68. The van der Waals surface area contributed by atoms with Crippen molar-refractivity contribution in [3.63, 3.8) is 0 Å². The molecule has 0 atom stereocenters. The normalized spacial score (nSPS) is 9.50. The monoisotopic (exact) mass is 80.1 g/mol. The molecule has 0 amide bonds. The van der Waals surface area contributed by atoms with Gasteiger partial charge in [0, 0.05) is 0 Å². The van der Waals surface area contributed by atoms with E-state index < -0.39 is 0 Å². The van der Waals surface area contributed by atoms with Crippen molar-refractivity contribution in [2.45, 2.75) is 6.42 Å². The highest BCUT2D eigenvalue weighted by molar-refractivity contribution is 4.82. The van der Waals surface area contributed by atoms with Crippen LogP contribution >= 0.6 is 0 Å². The second-order valence-corrected chi connectivity index (χ2v) is 0.901. The Morgan fingerprint density at radius 1 is 1.67 bits per heavy atom. The summed E-state index contributed by atoms with van der Waals surface area (Å²) in [6, 6.07) is 0. The average Bonchev–Trinajstić information content (AvgIpc) is 1.61. The van der Waals surface area contributed by atoms with Crippen molar-refractivity contribution in [1.29, 1.82) is 0 Å². The second-order valence-electron chi connectivity index (χ2n) is 0.901. The average molecular weight is 80.1 g/mol. The van der Waals surface area contributed by atoms with Gasteiger partial charge in [0.25, 0.3) is 0 Å². The molecule has 0 aliphatic rings. The van der Waals surface area contributed by atoms with Crippen LogP contribution in [0.15, 0.2) is 18.7 Å². The largest absolute Gasteiger partial charge is 0.103 e. The number of hydrogen-bond donors (Lipinski definition) is 0. The predicted octanol–water partition coefficient (Wildman–Crippen LogP) is 1.76. The fourth-order valence-corrected chi connectivity index (χ4v) is 0.167. The molecule has 32 valence electrons. The highest BCUT2D eigenvalue weighted by atomic mass is 13.6. The zero-order valence-corrected chi connectivity index (χ0v) is 3.78. The summed E-state index contributed by atoms with van der Waals surface area (Å²) in [6.45, 7) is 6.93. The molecule has 2 radical (unpaired) electrons. The summed E-state index contributed by atoms with van der Waals surface area (Å²) < 4.78 is 0. The lowest BCUT2D eigenvalue weighted by Crippen LogP contribution is -1.50. The van der Waals surface area contributed by atoms with E-state index in [1.165, 1.54) is 0 Å². The third kappa shape index (κ3) is 3.48. The summed E-state index contributed by atoms with van der Waals surface area (Å²) in [6.07, 6.45) is 7.07. The summed E-state index contributed by atoms with van der Waals surface area (Å²) in [5.41, 5.74) is 0. The first-order valence-corrected chi connectivity index (χ1v) is 1.87. The van der Waals surface area contributed by atoms with Crippen LogP contribution in [0.2, 0.25) is 0 Å². The molecule has 0 aromatic carbocycles. The Morgan fingerprint density at radius 2 is 2.33 bits per heavy atom. The van der Waals surface area contributed by atoms with Crippen molar-refractivity contribution in [3.8, 4) is 0 Å². The van der Waals surface area contributed by atoms with E-state index >= 15 is 0 Å². The predicted molar refractivity (Wildman–Crippen MR) is 28.0 cm³/mol. The fraction of sp³-hybridized carbons (Fsp3) is 0.167. The molecule has 0 bridgehead atoms. The minimum atomic E-state index is 0.809. The summed E-state index contributed by atoms with van der Waals surface area (Å²) in [5.74, 6) is 0. The molecule has 0 heterocycles. The molecule has 0 aliphatic heterocycles. The molecular formula is C6H8. The van der Waals surface area contributed by atoms with Crippen molar-refractivity contribution < 1.29 is 0 Å². The standard InChI is InChI=1S/C6H8/c1-3-5-6-4-2/h3-4H,1-2,5H2. The van der Waals surface area contributed by atoms with Gasteiger partial charge in [0.2, 0.25) is 0 Å². The first-order chi connectivity index (χ1) is 2.91. The van der Waals surface area contributed by atoms with Gasteiger partial charge in [-0.2, -0.15) is 0 Å². The van der Waals surface area contributed by atoms with Gasteiger partial charge in [-0.3, -0.25) is 0 Å². The molecule has 0 saturated carbocycles. The van der Waals surface area contributed by atoms with Crippen molar-refractivity contribution in [3.05, 3.63) is 31.7 Å². The molecule has 0 aliphatic carbocycles. The second kappa shape index (κ2) is 4.48. The Bertz CT molecular complexity index is 51.1. The minimum absolute atomic E-state index is 0.809. The molecule has 0 aromatic heterocycles. The smallest absolute Gasteiger partial charge is 0.0101 e. The lowest BCUT2D eigenvalue weighted by atomic mass is 10.4. The van der Waals surface area contributed by atoms with Crippen molar-refractivity contribution >= 4 is 0 Å². The first kappa shape index (κ1) is 5.48. The molecule has 0 spiro atoms. The zero-order chi connectivity index (χ0) is 4.83. The van der Waals surface area contributed by atoms with Gasteiger partial charge in [-0.1, -0.05) is 12.2 Å². The van der Waals surface area contributed by atoms with Gasteiger partial charge in [0.15, 0.2) is 0 Å². The molecule has 0 unspecified atom stereocenters. The number of allylic oxidation sites excluding steroid dienone is 3. The van der Waals surface area contributed by atoms with Crippen LogP contribution in [-0.2, 0) is 0 Å². The maximum absolute atomic E-state index is 3.49. The van der Waals surface area contributed by atoms with Crippen LogP contribution in [0.1, 0.15) is 6.42 Å².